The fraction of sp³-hybridized carbons (Fsp3) is 0.750. The van der Waals surface area contributed by atoms with Crippen molar-refractivity contribution in [3.63, 3.8) is 0 Å². The van der Waals surface area contributed by atoms with Crippen LogP contribution in [0.2, 0.25) is 0 Å². The van der Waals surface area contributed by atoms with Crippen LogP contribution in [0.5, 0.6) is 0 Å². The average molecular weight is 261 g/mol. The lowest BCUT2D eigenvalue weighted by molar-refractivity contribution is -0.188. The third-order valence-electron chi connectivity index (χ3n) is 3.51. The van der Waals surface area contributed by atoms with Crippen LogP contribution in [0.4, 0.5) is 13.2 Å². The number of nitrogens with zero attached hydrogens (tertiary/aromatic N) is 1. The van der Waals surface area contributed by atoms with Gasteiger partial charge < -0.3 is 10.3 Å². The molecular weight excluding hydrogens is 243 g/mol. The van der Waals surface area contributed by atoms with E-state index in [4.69, 9.17) is 0 Å². The van der Waals surface area contributed by atoms with Gasteiger partial charge in [0.15, 0.2) is 0 Å². The molecule has 1 saturated carbocycles. The number of aromatic nitrogens is 2. The minimum atomic E-state index is -4.08. The Hall–Kier alpha value is -1.04. The number of nitrogens with one attached hydrogen (secondary N) is 2. The maximum Gasteiger partial charge on any atom is 0.393 e. The van der Waals surface area contributed by atoms with Gasteiger partial charge in [0.25, 0.3) is 0 Å². The first kappa shape index (κ1) is 13.4. The highest BCUT2D eigenvalue weighted by atomic mass is 19.4. The van der Waals surface area contributed by atoms with E-state index < -0.39 is 18.1 Å². The summed E-state index contributed by atoms with van der Waals surface area (Å²) in [6.07, 6.45) is 2.34. The van der Waals surface area contributed by atoms with Crippen molar-refractivity contribution < 1.29 is 13.2 Å². The second-order valence-corrected chi connectivity index (χ2v) is 4.78. The van der Waals surface area contributed by atoms with Gasteiger partial charge in [0.1, 0.15) is 5.82 Å². The Morgan fingerprint density at radius 2 is 2.11 bits per heavy atom. The molecule has 0 aliphatic heterocycles. The molecule has 1 heterocycles. The van der Waals surface area contributed by atoms with Crippen molar-refractivity contribution in [1.82, 2.24) is 15.3 Å². The summed E-state index contributed by atoms with van der Waals surface area (Å²) in [5, 5.41) is 3.04. The van der Waals surface area contributed by atoms with E-state index in [1.807, 2.05) is 0 Å². The predicted molar refractivity (Wildman–Crippen MR) is 62.1 cm³/mol. The molecule has 1 aliphatic rings. The normalized spacial score (nSPS) is 25.3. The first-order valence-electron chi connectivity index (χ1n) is 6.36. The highest BCUT2D eigenvalue weighted by Gasteiger charge is 2.45. The second-order valence-electron chi connectivity index (χ2n) is 4.78. The molecule has 6 heteroatoms. The van der Waals surface area contributed by atoms with Crippen LogP contribution in [0.15, 0.2) is 12.4 Å². The van der Waals surface area contributed by atoms with Gasteiger partial charge in [0.05, 0.1) is 5.92 Å². The van der Waals surface area contributed by atoms with Crippen molar-refractivity contribution in [3.05, 3.63) is 18.2 Å². The summed E-state index contributed by atoms with van der Waals surface area (Å²) < 4.78 is 38.5. The van der Waals surface area contributed by atoms with Crippen LogP contribution in [-0.2, 0) is 6.42 Å². The molecule has 0 bridgehead atoms. The number of H-pyrrole nitrogens is 1. The fourth-order valence-corrected chi connectivity index (χ4v) is 2.58. The zero-order valence-electron chi connectivity index (χ0n) is 10.1. The summed E-state index contributed by atoms with van der Waals surface area (Å²) in [6.45, 7) is 0.532. The van der Waals surface area contributed by atoms with Crippen LogP contribution in [0, 0.1) is 5.92 Å². The predicted octanol–water partition coefficient (Wildman–Crippen LogP) is 2.66. The van der Waals surface area contributed by atoms with Gasteiger partial charge in [0.2, 0.25) is 0 Å². The van der Waals surface area contributed by atoms with Gasteiger partial charge >= 0.3 is 6.18 Å². The van der Waals surface area contributed by atoms with Gasteiger partial charge in [0, 0.05) is 31.4 Å². The van der Waals surface area contributed by atoms with Gasteiger partial charge in [-0.25, -0.2) is 4.98 Å². The van der Waals surface area contributed by atoms with Crippen molar-refractivity contribution in [2.75, 3.05) is 6.54 Å². The number of rotatable bonds is 4. The van der Waals surface area contributed by atoms with Crippen molar-refractivity contribution in [3.8, 4) is 0 Å². The monoisotopic (exact) mass is 261 g/mol. The molecule has 18 heavy (non-hydrogen) atoms. The SMILES string of the molecule is FC(F)(F)C1CCCCC1NCCc1ncc[nH]1. The Morgan fingerprint density at radius 1 is 1.33 bits per heavy atom. The Morgan fingerprint density at radius 3 is 2.78 bits per heavy atom. The van der Waals surface area contributed by atoms with Crippen molar-refractivity contribution >= 4 is 0 Å². The molecule has 1 fully saturated rings. The van der Waals surface area contributed by atoms with Crippen LogP contribution < -0.4 is 5.32 Å². The van der Waals surface area contributed by atoms with Crippen LogP contribution >= 0.6 is 0 Å². The smallest absolute Gasteiger partial charge is 0.349 e. The largest absolute Gasteiger partial charge is 0.393 e. The van der Waals surface area contributed by atoms with Gasteiger partial charge in [-0.15, -0.1) is 0 Å². The van der Waals surface area contributed by atoms with Crippen LogP contribution in [0.25, 0.3) is 0 Å². The summed E-state index contributed by atoms with van der Waals surface area (Å²) in [7, 11) is 0. The van der Waals surface area contributed by atoms with E-state index in [1.54, 1.807) is 12.4 Å². The van der Waals surface area contributed by atoms with E-state index in [0.717, 1.165) is 12.2 Å². The third kappa shape index (κ3) is 3.48. The highest BCUT2D eigenvalue weighted by molar-refractivity contribution is 4.90. The van der Waals surface area contributed by atoms with Gasteiger partial charge in [-0.05, 0) is 12.8 Å². The highest BCUT2D eigenvalue weighted by Crippen LogP contribution is 2.37. The number of alkyl halides is 3. The molecule has 2 rings (SSSR count). The summed E-state index contributed by atoms with van der Waals surface area (Å²) >= 11 is 0. The summed E-state index contributed by atoms with van der Waals surface area (Å²) in [4.78, 5) is 6.99. The van der Waals surface area contributed by atoms with Crippen molar-refractivity contribution in [1.29, 1.82) is 0 Å². The number of halogens is 3. The minimum Gasteiger partial charge on any atom is -0.349 e. The van der Waals surface area contributed by atoms with E-state index in [0.29, 0.717) is 25.8 Å². The molecule has 1 aliphatic carbocycles. The molecule has 2 unspecified atom stereocenters. The lowest BCUT2D eigenvalue weighted by Crippen LogP contribution is -2.46. The number of imidazole rings is 1. The van der Waals surface area contributed by atoms with E-state index in [9.17, 15) is 13.2 Å². The van der Waals surface area contributed by atoms with Gasteiger partial charge in [-0.3, -0.25) is 0 Å². The van der Waals surface area contributed by atoms with Crippen LogP contribution in [0.3, 0.4) is 0 Å². The van der Waals surface area contributed by atoms with E-state index in [2.05, 4.69) is 15.3 Å². The van der Waals surface area contributed by atoms with Crippen LogP contribution in [0.1, 0.15) is 31.5 Å². The molecule has 2 N–H and O–H groups in total. The average Bonchev–Trinajstić information content (AvgIpc) is 2.81. The maximum absolute atomic E-state index is 12.8. The molecular formula is C12H18F3N3. The standard InChI is InChI=1S/C12H18F3N3/c13-12(14,15)9-3-1-2-4-10(9)16-6-5-11-17-7-8-18-11/h7-10,16H,1-6H2,(H,17,18). The number of hydrogen-bond acceptors (Lipinski definition) is 2. The Balaban J connectivity index is 1.82. The molecule has 1 aromatic rings. The lowest BCUT2D eigenvalue weighted by atomic mass is 9.84. The molecule has 0 amide bonds. The summed E-state index contributed by atoms with van der Waals surface area (Å²) in [5.41, 5.74) is 0. The van der Waals surface area contributed by atoms with Gasteiger partial charge in [-0.1, -0.05) is 12.8 Å². The first-order valence-corrected chi connectivity index (χ1v) is 6.36. The van der Waals surface area contributed by atoms with Crippen LogP contribution in [-0.4, -0.2) is 28.7 Å². The minimum absolute atomic E-state index is 0.252. The molecule has 0 aromatic carbocycles. The van der Waals surface area contributed by atoms with Crippen molar-refractivity contribution in [2.45, 2.75) is 44.3 Å². The fourth-order valence-electron chi connectivity index (χ4n) is 2.58. The molecule has 3 nitrogen and oxygen atoms in total. The first-order chi connectivity index (χ1) is 8.57. The number of hydrogen-bond donors (Lipinski definition) is 2. The van der Waals surface area contributed by atoms with E-state index in [1.165, 1.54) is 0 Å². The Bertz CT molecular complexity index is 348. The van der Waals surface area contributed by atoms with Crippen molar-refractivity contribution in [2.24, 2.45) is 5.92 Å². The lowest BCUT2D eigenvalue weighted by Gasteiger charge is -2.33. The molecule has 0 radical (unpaired) electrons. The van der Waals surface area contributed by atoms with E-state index >= 15 is 0 Å². The molecule has 0 spiro atoms. The summed E-state index contributed by atoms with van der Waals surface area (Å²) in [6, 6.07) is -0.436. The maximum atomic E-state index is 12.8. The summed E-state index contributed by atoms with van der Waals surface area (Å²) in [5.74, 6) is -0.385. The van der Waals surface area contributed by atoms with Gasteiger partial charge in [-0.2, -0.15) is 13.2 Å². The zero-order chi connectivity index (χ0) is 13.0. The zero-order valence-corrected chi connectivity index (χ0v) is 10.1. The molecule has 102 valence electrons. The number of aromatic amines is 1. The van der Waals surface area contributed by atoms with E-state index in [-0.39, 0.29) is 6.42 Å². The Labute approximate surface area is 104 Å². The third-order valence-corrected chi connectivity index (χ3v) is 3.51. The topological polar surface area (TPSA) is 40.7 Å². The Kier molecular flexibility index (Phi) is 4.27. The molecule has 0 saturated heterocycles. The molecule has 2 atom stereocenters. The quantitative estimate of drug-likeness (QED) is 0.874. The molecule has 1 aromatic heterocycles. The second kappa shape index (κ2) is 5.73.